The quantitative estimate of drug-likeness (QED) is 0.786. The van der Waals surface area contributed by atoms with Gasteiger partial charge in [0.1, 0.15) is 11.5 Å². The first kappa shape index (κ1) is 16.7. The third-order valence-corrected chi connectivity index (χ3v) is 3.41. The molecule has 0 aliphatic rings. The third-order valence-electron chi connectivity index (χ3n) is 3.41. The maximum absolute atomic E-state index is 11.9. The molecule has 2 rings (SSSR count). The Morgan fingerprint density at radius 3 is 2.52 bits per heavy atom. The van der Waals surface area contributed by atoms with Crippen LogP contribution in [-0.2, 0) is 11.3 Å². The van der Waals surface area contributed by atoms with Crippen molar-refractivity contribution in [1.82, 2.24) is 5.32 Å². The van der Waals surface area contributed by atoms with Gasteiger partial charge in [0, 0.05) is 25.6 Å². The smallest absolute Gasteiger partial charge is 0.222 e. The van der Waals surface area contributed by atoms with E-state index in [0.717, 1.165) is 22.7 Å². The molecular formula is C18H22N2O3. The Labute approximate surface area is 136 Å². The molecule has 0 aliphatic heterocycles. The molecule has 0 radical (unpaired) electrons. The molecule has 5 heteroatoms. The molecule has 0 aliphatic carbocycles. The summed E-state index contributed by atoms with van der Waals surface area (Å²) in [6.07, 6.45) is 0.382. The van der Waals surface area contributed by atoms with E-state index in [1.54, 1.807) is 14.2 Å². The van der Waals surface area contributed by atoms with E-state index < -0.39 is 0 Å². The summed E-state index contributed by atoms with van der Waals surface area (Å²) in [5.74, 6) is 1.46. The van der Waals surface area contributed by atoms with Crippen LogP contribution in [0.5, 0.6) is 11.5 Å². The van der Waals surface area contributed by atoms with Crippen molar-refractivity contribution in [2.45, 2.75) is 13.0 Å². The number of ether oxygens (including phenoxy) is 2. The standard InChI is InChI=1S/C18H22N2O3/c1-22-15-8-9-17(23-2)16(12-15)19-11-10-18(21)20-13-14-6-4-3-5-7-14/h3-9,12,19H,10-11,13H2,1-2H3,(H,20,21). The van der Waals surface area contributed by atoms with Gasteiger partial charge in [0.15, 0.2) is 0 Å². The zero-order valence-electron chi connectivity index (χ0n) is 13.5. The average Bonchev–Trinajstić information content (AvgIpc) is 2.60. The Hall–Kier alpha value is -2.69. The SMILES string of the molecule is COc1ccc(OC)c(NCCC(=O)NCc2ccccc2)c1. The largest absolute Gasteiger partial charge is 0.497 e. The summed E-state index contributed by atoms with van der Waals surface area (Å²) in [5, 5.41) is 6.10. The number of methoxy groups -OCH3 is 2. The number of hydrogen-bond acceptors (Lipinski definition) is 4. The van der Waals surface area contributed by atoms with Crippen molar-refractivity contribution in [3.8, 4) is 11.5 Å². The molecule has 2 aromatic rings. The number of benzene rings is 2. The number of amides is 1. The Bertz CT molecular complexity index is 629. The van der Waals surface area contributed by atoms with Gasteiger partial charge in [-0.2, -0.15) is 0 Å². The number of carbonyl (C=O) groups excluding carboxylic acids is 1. The molecule has 0 atom stereocenters. The number of rotatable bonds is 8. The van der Waals surface area contributed by atoms with Crippen LogP contribution < -0.4 is 20.1 Å². The van der Waals surface area contributed by atoms with Gasteiger partial charge >= 0.3 is 0 Å². The van der Waals surface area contributed by atoms with E-state index in [1.807, 2.05) is 48.5 Å². The minimum atomic E-state index is 0.00298. The predicted octanol–water partition coefficient (Wildman–Crippen LogP) is 2.82. The summed E-state index contributed by atoms with van der Waals surface area (Å²) in [4.78, 5) is 11.9. The van der Waals surface area contributed by atoms with Crippen LogP contribution in [0.2, 0.25) is 0 Å². The van der Waals surface area contributed by atoms with E-state index in [4.69, 9.17) is 9.47 Å². The summed E-state index contributed by atoms with van der Waals surface area (Å²) in [6, 6.07) is 15.3. The number of nitrogens with one attached hydrogen (secondary N) is 2. The van der Waals surface area contributed by atoms with Crippen LogP contribution in [0.1, 0.15) is 12.0 Å². The van der Waals surface area contributed by atoms with Crippen LogP contribution >= 0.6 is 0 Å². The first-order chi connectivity index (χ1) is 11.2. The molecule has 0 fully saturated rings. The van der Waals surface area contributed by atoms with Gasteiger partial charge < -0.3 is 20.1 Å². The van der Waals surface area contributed by atoms with Crippen LogP contribution in [-0.4, -0.2) is 26.7 Å². The van der Waals surface area contributed by atoms with Gasteiger partial charge in [0.05, 0.1) is 19.9 Å². The summed E-state index contributed by atoms with van der Waals surface area (Å²) in [5.41, 5.74) is 1.89. The fraction of sp³-hybridized carbons (Fsp3) is 0.278. The zero-order valence-corrected chi connectivity index (χ0v) is 13.5. The molecule has 0 heterocycles. The summed E-state index contributed by atoms with van der Waals surface area (Å²) in [7, 11) is 3.22. The fourth-order valence-electron chi connectivity index (χ4n) is 2.15. The van der Waals surface area contributed by atoms with Crippen LogP contribution in [0.4, 0.5) is 5.69 Å². The number of carbonyl (C=O) groups is 1. The highest BCUT2D eigenvalue weighted by molar-refractivity contribution is 5.76. The molecule has 0 saturated heterocycles. The van der Waals surface area contributed by atoms with Crippen molar-refractivity contribution in [3.05, 3.63) is 54.1 Å². The minimum Gasteiger partial charge on any atom is -0.497 e. The second-order valence-electron chi connectivity index (χ2n) is 5.01. The Balaban J connectivity index is 1.79. The van der Waals surface area contributed by atoms with Crippen molar-refractivity contribution in [2.75, 3.05) is 26.1 Å². The molecule has 0 spiro atoms. The molecule has 2 N–H and O–H groups in total. The fourth-order valence-corrected chi connectivity index (χ4v) is 2.15. The Morgan fingerprint density at radius 2 is 1.83 bits per heavy atom. The first-order valence-corrected chi connectivity index (χ1v) is 7.49. The number of hydrogen-bond donors (Lipinski definition) is 2. The van der Waals surface area contributed by atoms with Gasteiger partial charge in [-0.3, -0.25) is 4.79 Å². The summed E-state index contributed by atoms with van der Waals surface area (Å²) >= 11 is 0. The van der Waals surface area contributed by atoms with E-state index in [2.05, 4.69) is 10.6 Å². The molecule has 23 heavy (non-hydrogen) atoms. The molecule has 0 saturated carbocycles. The maximum Gasteiger partial charge on any atom is 0.222 e. The van der Waals surface area contributed by atoms with Gasteiger partial charge in [-0.15, -0.1) is 0 Å². The lowest BCUT2D eigenvalue weighted by atomic mass is 10.2. The van der Waals surface area contributed by atoms with Crippen molar-refractivity contribution in [2.24, 2.45) is 0 Å². The van der Waals surface area contributed by atoms with E-state index in [1.165, 1.54) is 0 Å². The topological polar surface area (TPSA) is 59.6 Å². The molecule has 2 aromatic carbocycles. The predicted molar refractivity (Wildman–Crippen MR) is 90.9 cm³/mol. The van der Waals surface area contributed by atoms with Crippen LogP contribution in [0.3, 0.4) is 0 Å². The highest BCUT2D eigenvalue weighted by Gasteiger charge is 2.06. The van der Waals surface area contributed by atoms with Crippen molar-refractivity contribution in [1.29, 1.82) is 0 Å². The third kappa shape index (κ3) is 5.21. The van der Waals surface area contributed by atoms with Gasteiger partial charge in [0.2, 0.25) is 5.91 Å². The van der Waals surface area contributed by atoms with Crippen LogP contribution in [0, 0.1) is 0 Å². The highest BCUT2D eigenvalue weighted by Crippen LogP contribution is 2.28. The normalized spacial score (nSPS) is 10.0. The summed E-state index contributed by atoms with van der Waals surface area (Å²) in [6.45, 7) is 1.06. The van der Waals surface area contributed by atoms with Crippen LogP contribution in [0.25, 0.3) is 0 Å². The lowest BCUT2D eigenvalue weighted by Crippen LogP contribution is -2.24. The zero-order chi connectivity index (χ0) is 16.5. The lowest BCUT2D eigenvalue weighted by molar-refractivity contribution is -0.121. The summed E-state index contributed by atoms with van der Waals surface area (Å²) < 4.78 is 10.5. The van der Waals surface area contributed by atoms with Gasteiger partial charge in [-0.25, -0.2) is 0 Å². The molecule has 0 unspecified atom stereocenters. The molecule has 5 nitrogen and oxygen atoms in total. The van der Waals surface area contributed by atoms with Gasteiger partial charge in [-0.1, -0.05) is 30.3 Å². The molecule has 0 bridgehead atoms. The molecular weight excluding hydrogens is 292 g/mol. The van der Waals surface area contributed by atoms with Crippen LogP contribution in [0.15, 0.2) is 48.5 Å². The van der Waals surface area contributed by atoms with Gasteiger partial charge in [-0.05, 0) is 17.7 Å². The van der Waals surface area contributed by atoms with Crippen molar-refractivity contribution in [3.63, 3.8) is 0 Å². The molecule has 122 valence electrons. The molecule has 1 amide bonds. The van der Waals surface area contributed by atoms with Crippen molar-refractivity contribution < 1.29 is 14.3 Å². The van der Waals surface area contributed by atoms with E-state index in [-0.39, 0.29) is 5.91 Å². The average molecular weight is 314 g/mol. The van der Waals surface area contributed by atoms with E-state index in [9.17, 15) is 4.79 Å². The second-order valence-corrected chi connectivity index (χ2v) is 5.01. The highest BCUT2D eigenvalue weighted by atomic mass is 16.5. The Morgan fingerprint density at radius 1 is 1.04 bits per heavy atom. The van der Waals surface area contributed by atoms with E-state index >= 15 is 0 Å². The van der Waals surface area contributed by atoms with Crippen molar-refractivity contribution >= 4 is 11.6 Å². The first-order valence-electron chi connectivity index (χ1n) is 7.49. The maximum atomic E-state index is 11.9. The molecule has 0 aromatic heterocycles. The number of anilines is 1. The Kier molecular flexibility index (Phi) is 6.29. The second kappa shape index (κ2) is 8.68. The van der Waals surface area contributed by atoms with Gasteiger partial charge in [0.25, 0.3) is 0 Å². The monoisotopic (exact) mass is 314 g/mol. The van der Waals surface area contributed by atoms with E-state index in [0.29, 0.717) is 19.5 Å². The minimum absolute atomic E-state index is 0.00298. The lowest BCUT2D eigenvalue weighted by Gasteiger charge is -2.12.